The maximum atomic E-state index is 14.1. The molecule has 3 heteroatoms. The van der Waals surface area contributed by atoms with Crippen molar-refractivity contribution >= 4 is 0 Å². The molecule has 0 N–H and O–H groups in total. The van der Waals surface area contributed by atoms with Crippen molar-refractivity contribution in [2.75, 3.05) is 7.11 Å². The number of unbranched alkanes of at least 4 members (excludes halogenated alkanes) is 2. The van der Waals surface area contributed by atoms with E-state index in [0.717, 1.165) is 30.6 Å². The molecule has 1 aromatic carbocycles. The first-order valence-corrected chi connectivity index (χ1v) is 11.7. The standard InChI is InChI=1S/C26H36F2O/c1-3-4-5-6-19-7-12-21(13-8-19)22-14-9-20(10-15-22)11-16-23-17-18-24(29-2)26(28)25(23)27/h17-22H,3-10,12-15H2,1-2H3/t19-,20-,21-,22-. The van der Waals surface area contributed by atoms with Crippen molar-refractivity contribution in [1.29, 1.82) is 0 Å². The van der Waals surface area contributed by atoms with Crippen molar-refractivity contribution in [1.82, 2.24) is 0 Å². The molecule has 1 aromatic rings. The molecule has 2 aliphatic rings. The second-order valence-electron chi connectivity index (χ2n) is 9.10. The summed E-state index contributed by atoms with van der Waals surface area (Å²) in [5.41, 5.74) is 0.131. The van der Waals surface area contributed by atoms with Gasteiger partial charge >= 0.3 is 0 Å². The van der Waals surface area contributed by atoms with Crippen molar-refractivity contribution in [2.45, 2.75) is 84.0 Å². The Morgan fingerprint density at radius 1 is 0.897 bits per heavy atom. The lowest BCUT2D eigenvalue weighted by Gasteiger charge is -2.37. The number of ether oxygens (including phenoxy) is 1. The summed E-state index contributed by atoms with van der Waals surface area (Å²) in [6.07, 6.45) is 15.9. The average molecular weight is 403 g/mol. The van der Waals surface area contributed by atoms with Crippen molar-refractivity contribution in [3.05, 3.63) is 29.3 Å². The van der Waals surface area contributed by atoms with E-state index < -0.39 is 11.6 Å². The van der Waals surface area contributed by atoms with Gasteiger partial charge in [-0.25, -0.2) is 4.39 Å². The van der Waals surface area contributed by atoms with Crippen molar-refractivity contribution in [3.63, 3.8) is 0 Å². The number of rotatable bonds is 6. The molecule has 3 rings (SSSR count). The van der Waals surface area contributed by atoms with Crippen LogP contribution in [0.3, 0.4) is 0 Å². The quantitative estimate of drug-likeness (QED) is 0.353. The van der Waals surface area contributed by atoms with Crippen LogP contribution in [0.4, 0.5) is 8.78 Å². The smallest absolute Gasteiger partial charge is 0.201 e. The summed E-state index contributed by atoms with van der Waals surface area (Å²) in [6.45, 7) is 2.28. The van der Waals surface area contributed by atoms with Crippen LogP contribution < -0.4 is 4.74 Å². The normalized spacial score (nSPS) is 27.2. The highest BCUT2D eigenvalue weighted by atomic mass is 19.2. The SMILES string of the molecule is CCCCC[C@H]1CC[C@H]([C@H]2CC[C@H](C#Cc3ccc(OC)c(F)c3F)CC2)CC1. The van der Waals surface area contributed by atoms with Gasteiger partial charge in [0.15, 0.2) is 11.6 Å². The lowest BCUT2D eigenvalue weighted by atomic mass is 9.69. The van der Waals surface area contributed by atoms with Crippen LogP contribution in [0.1, 0.15) is 89.5 Å². The van der Waals surface area contributed by atoms with Crippen LogP contribution in [-0.4, -0.2) is 7.11 Å². The van der Waals surface area contributed by atoms with Crippen LogP contribution in [0, 0.1) is 47.1 Å². The second kappa shape index (κ2) is 11.0. The zero-order chi connectivity index (χ0) is 20.6. The molecule has 29 heavy (non-hydrogen) atoms. The fraction of sp³-hybridized carbons (Fsp3) is 0.692. The number of hydrogen-bond acceptors (Lipinski definition) is 1. The monoisotopic (exact) mass is 402 g/mol. The number of methoxy groups -OCH3 is 1. The predicted octanol–water partition coefficient (Wildman–Crippen LogP) is 7.52. The fourth-order valence-corrected chi connectivity index (χ4v) is 5.33. The molecule has 0 bridgehead atoms. The topological polar surface area (TPSA) is 9.23 Å². The molecule has 1 nitrogen and oxygen atoms in total. The van der Waals surface area contributed by atoms with Crippen LogP contribution in [0.2, 0.25) is 0 Å². The molecule has 2 aliphatic carbocycles. The molecule has 0 spiro atoms. The minimum absolute atomic E-state index is 0.0753. The zero-order valence-corrected chi connectivity index (χ0v) is 18.1. The number of halogens is 2. The molecule has 0 heterocycles. The minimum atomic E-state index is -0.951. The summed E-state index contributed by atoms with van der Waals surface area (Å²) in [7, 11) is 1.33. The molecule has 0 amide bonds. The van der Waals surface area contributed by atoms with Crippen LogP contribution >= 0.6 is 0 Å². The third-order valence-electron chi connectivity index (χ3n) is 7.22. The fourth-order valence-electron chi connectivity index (χ4n) is 5.33. The number of hydrogen-bond donors (Lipinski definition) is 0. The third-order valence-corrected chi connectivity index (χ3v) is 7.22. The van der Waals surface area contributed by atoms with E-state index in [4.69, 9.17) is 4.74 Å². The van der Waals surface area contributed by atoms with Gasteiger partial charge in [0.2, 0.25) is 5.82 Å². The lowest BCUT2D eigenvalue weighted by molar-refractivity contribution is 0.153. The largest absolute Gasteiger partial charge is 0.494 e. The maximum Gasteiger partial charge on any atom is 0.201 e. The molecule has 0 aromatic heterocycles. The van der Waals surface area contributed by atoms with Crippen molar-refractivity contribution in [2.24, 2.45) is 23.7 Å². The van der Waals surface area contributed by atoms with Gasteiger partial charge in [-0.3, -0.25) is 0 Å². The van der Waals surface area contributed by atoms with Crippen LogP contribution in [0.15, 0.2) is 12.1 Å². The first-order chi connectivity index (χ1) is 14.1. The van der Waals surface area contributed by atoms with Crippen LogP contribution in [-0.2, 0) is 0 Å². The molecule has 0 aliphatic heterocycles. The summed E-state index contributed by atoms with van der Waals surface area (Å²) in [6, 6.07) is 2.95. The Hall–Kier alpha value is -1.56. The molecule has 160 valence electrons. The molecule has 0 unspecified atom stereocenters. The van der Waals surface area contributed by atoms with Gasteiger partial charge in [0.1, 0.15) is 0 Å². The van der Waals surface area contributed by atoms with Gasteiger partial charge in [-0.2, -0.15) is 4.39 Å². The van der Waals surface area contributed by atoms with Gasteiger partial charge in [0.05, 0.1) is 12.7 Å². The molecule has 2 saturated carbocycles. The van der Waals surface area contributed by atoms with Gasteiger partial charge in [0, 0.05) is 5.92 Å². The van der Waals surface area contributed by atoms with Gasteiger partial charge in [-0.05, 0) is 68.4 Å². The van der Waals surface area contributed by atoms with Gasteiger partial charge in [-0.15, -0.1) is 0 Å². The van der Waals surface area contributed by atoms with Gasteiger partial charge in [-0.1, -0.05) is 57.3 Å². The summed E-state index contributed by atoms with van der Waals surface area (Å²) in [5, 5.41) is 0. The first kappa shape index (κ1) is 22.1. The van der Waals surface area contributed by atoms with Crippen molar-refractivity contribution < 1.29 is 13.5 Å². The Morgan fingerprint density at radius 2 is 1.55 bits per heavy atom. The predicted molar refractivity (Wildman–Crippen MR) is 115 cm³/mol. The Balaban J connectivity index is 1.45. The van der Waals surface area contributed by atoms with E-state index in [1.54, 1.807) is 0 Å². The van der Waals surface area contributed by atoms with E-state index >= 15 is 0 Å². The second-order valence-corrected chi connectivity index (χ2v) is 9.10. The highest BCUT2D eigenvalue weighted by Gasteiger charge is 2.30. The van der Waals surface area contributed by atoms with E-state index in [1.165, 1.54) is 83.5 Å². The Kier molecular flexibility index (Phi) is 8.40. The van der Waals surface area contributed by atoms with E-state index in [1.807, 2.05) is 0 Å². The van der Waals surface area contributed by atoms with E-state index in [2.05, 4.69) is 18.8 Å². The van der Waals surface area contributed by atoms with Crippen molar-refractivity contribution in [3.8, 4) is 17.6 Å². The Labute approximate surface area is 175 Å². The molecule has 0 radical (unpaired) electrons. The maximum absolute atomic E-state index is 14.1. The molecule has 0 saturated heterocycles. The van der Waals surface area contributed by atoms with E-state index in [9.17, 15) is 8.78 Å². The lowest BCUT2D eigenvalue weighted by Crippen LogP contribution is -2.25. The molecular weight excluding hydrogens is 366 g/mol. The minimum Gasteiger partial charge on any atom is -0.494 e. The average Bonchev–Trinajstić information content (AvgIpc) is 2.76. The van der Waals surface area contributed by atoms with E-state index in [-0.39, 0.29) is 11.3 Å². The number of benzene rings is 1. The third kappa shape index (κ3) is 5.97. The van der Waals surface area contributed by atoms with Crippen LogP contribution in [0.5, 0.6) is 5.75 Å². The first-order valence-electron chi connectivity index (χ1n) is 11.7. The molecular formula is C26H36F2O. The molecule has 2 fully saturated rings. The summed E-state index contributed by atoms with van der Waals surface area (Å²) in [4.78, 5) is 0. The highest BCUT2D eigenvalue weighted by Crippen LogP contribution is 2.42. The van der Waals surface area contributed by atoms with Gasteiger partial charge < -0.3 is 4.74 Å². The Bertz CT molecular complexity index is 701. The molecule has 0 atom stereocenters. The zero-order valence-electron chi connectivity index (χ0n) is 18.1. The van der Waals surface area contributed by atoms with E-state index in [0.29, 0.717) is 5.92 Å². The summed E-state index contributed by atoms with van der Waals surface area (Å²) >= 11 is 0. The Morgan fingerprint density at radius 3 is 2.17 bits per heavy atom. The highest BCUT2D eigenvalue weighted by molar-refractivity contribution is 5.41. The van der Waals surface area contributed by atoms with Crippen LogP contribution in [0.25, 0.3) is 0 Å². The van der Waals surface area contributed by atoms with Gasteiger partial charge in [0.25, 0.3) is 0 Å². The summed E-state index contributed by atoms with van der Waals surface area (Å²) in [5.74, 6) is 7.18. The summed E-state index contributed by atoms with van der Waals surface area (Å²) < 4.78 is 32.7.